The fourth-order valence-corrected chi connectivity index (χ4v) is 4.87. The Labute approximate surface area is 112 Å². The zero-order valence-electron chi connectivity index (χ0n) is 8.27. The summed E-state index contributed by atoms with van der Waals surface area (Å²) in [6.45, 7) is -0.510. The van der Waals surface area contributed by atoms with Gasteiger partial charge < -0.3 is 4.89 Å². The lowest BCUT2D eigenvalue weighted by atomic mass is 10.6. The van der Waals surface area contributed by atoms with Gasteiger partial charge in [-0.15, -0.1) is 12.8 Å². The van der Waals surface area contributed by atoms with Crippen LogP contribution >= 0.6 is 29.2 Å². The van der Waals surface area contributed by atoms with E-state index in [-0.39, 0.29) is 5.75 Å². The maximum Gasteiger partial charge on any atom is 0.442 e. The van der Waals surface area contributed by atoms with E-state index >= 15 is 0 Å². The van der Waals surface area contributed by atoms with Crippen LogP contribution in [0.3, 0.4) is 0 Å². The molecule has 0 aromatic heterocycles. The molecule has 94 valence electrons. The smallest absolute Gasteiger partial charge is 0.342 e. The molecule has 0 aromatic carbocycles. The number of halogens is 3. The van der Waals surface area contributed by atoms with Gasteiger partial charge in [0, 0.05) is 0 Å². The van der Waals surface area contributed by atoms with Crippen molar-refractivity contribution in [2.45, 2.75) is 6.18 Å². The molecule has 0 amide bonds. The van der Waals surface area contributed by atoms with E-state index in [0.717, 1.165) is 0 Å². The highest BCUT2D eigenvalue weighted by molar-refractivity contribution is 8.68. The number of hydrogen-bond acceptors (Lipinski definition) is 3. The third kappa shape index (κ3) is 5.29. The Morgan fingerprint density at radius 2 is 1.94 bits per heavy atom. The van der Waals surface area contributed by atoms with Crippen LogP contribution in [0.1, 0.15) is 0 Å². The lowest BCUT2D eigenvalue weighted by Gasteiger charge is -2.30. The van der Waals surface area contributed by atoms with Crippen molar-refractivity contribution in [2.75, 3.05) is 12.3 Å². The predicted octanol–water partition coefficient (Wildman–Crippen LogP) is 2.39. The topological polar surface area (TPSA) is 23.5 Å². The molecule has 1 unspecified atom stereocenters. The van der Waals surface area contributed by atoms with Crippen molar-refractivity contribution in [1.82, 2.24) is 4.67 Å². The van der Waals surface area contributed by atoms with Gasteiger partial charge in [-0.3, -0.25) is 4.67 Å². The van der Waals surface area contributed by atoms with Gasteiger partial charge in [-0.05, 0) is 11.8 Å². The zero-order chi connectivity index (χ0) is 13.7. The van der Waals surface area contributed by atoms with Crippen molar-refractivity contribution < 1.29 is 18.1 Å². The first-order valence-electron chi connectivity index (χ1n) is 3.90. The fourth-order valence-electron chi connectivity index (χ4n) is 0.700. The Kier molecular flexibility index (Phi) is 6.53. The largest absolute Gasteiger partial charge is 0.442 e. The van der Waals surface area contributed by atoms with Crippen molar-refractivity contribution in [3.05, 3.63) is 0 Å². The molecule has 0 fully saturated rings. The van der Waals surface area contributed by atoms with Gasteiger partial charge in [0.25, 0.3) is 0 Å². The van der Waals surface area contributed by atoms with Gasteiger partial charge in [-0.1, -0.05) is 35.4 Å². The minimum atomic E-state index is -4.77. The SMILES string of the molecule is C#CCSP(O)(=S)N(CC#C)C(=S)C(F)(F)F. The molecule has 0 heterocycles. The van der Waals surface area contributed by atoms with E-state index in [1.165, 1.54) is 0 Å². The maximum atomic E-state index is 12.4. The Hall–Kier alpha value is -0.240. The fraction of sp³-hybridized carbons (Fsp3) is 0.375. The summed E-state index contributed by atoms with van der Waals surface area (Å²) in [5.74, 6) is 4.12. The van der Waals surface area contributed by atoms with Gasteiger partial charge >= 0.3 is 6.18 Å². The van der Waals surface area contributed by atoms with Crippen molar-refractivity contribution in [2.24, 2.45) is 0 Å². The number of hydrogen-bond donors (Lipinski definition) is 1. The summed E-state index contributed by atoms with van der Waals surface area (Å²) >= 11 is 9.60. The highest BCUT2D eigenvalue weighted by Gasteiger charge is 2.42. The summed E-state index contributed by atoms with van der Waals surface area (Å²) in [5.41, 5.74) is -3.55. The molecule has 17 heavy (non-hydrogen) atoms. The van der Waals surface area contributed by atoms with Crippen molar-refractivity contribution >= 4 is 46.0 Å². The molecule has 0 aliphatic carbocycles. The first-order valence-corrected chi connectivity index (χ1v) is 8.61. The standard InChI is InChI=1S/C8H7F3NOPS3/c1-3-5-12(7(15)8(9,10)11)14(13,16)17-6-4-2/h1-2H,5-6H2,(H,13,16). The van der Waals surface area contributed by atoms with Crippen molar-refractivity contribution in [3.63, 3.8) is 0 Å². The van der Waals surface area contributed by atoms with E-state index in [9.17, 15) is 18.1 Å². The van der Waals surface area contributed by atoms with E-state index in [4.69, 9.17) is 24.7 Å². The first kappa shape index (κ1) is 16.8. The molecule has 0 bridgehead atoms. The van der Waals surface area contributed by atoms with Crippen LogP contribution in [0, 0.1) is 24.7 Å². The highest BCUT2D eigenvalue weighted by Crippen LogP contribution is 2.59. The van der Waals surface area contributed by atoms with Crippen LogP contribution in [-0.2, 0) is 11.8 Å². The van der Waals surface area contributed by atoms with E-state index in [1.54, 1.807) is 0 Å². The Balaban J connectivity index is 5.13. The van der Waals surface area contributed by atoms with Gasteiger partial charge in [-0.2, -0.15) is 13.2 Å². The maximum absolute atomic E-state index is 12.4. The van der Waals surface area contributed by atoms with E-state index in [0.29, 0.717) is 16.1 Å². The van der Waals surface area contributed by atoms with Gasteiger partial charge in [-0.25, -0.2) is 0 Å². The Bertz CT molecular complexity index is 423. The van der Waals surface area contributed by atoms with Crippen LogP contribution in [0.5, 0.6) is 0 Å². The minimum absolute atomic E-state index is 0.0185. The van der Waals surface area contributed by atoms with E-state index < -0.39 is 23.3 Å². The molecule has 0 spiro atoms. The molecule has 0 aromatic rings. The number of thiocarbonyl (C=S) groups is 1. The molecule has 0 saturated heterocycles. The van der Waals surface area contributed by atoms with Crippen LogP contribution in [-0.4, -0.2) is 33.0 Å². The van der Waals surface area contributed by atoms with Crippen LogP contribution < -0.4 is 0 Å². The average molecular weight is 317 g/mol. The lowest BCUT2D eigenvalue weighted by Crippen LogP contribution is -2.37. The molecule has 0 aliphatic rings. The average Bonchev–Trinajstić information content (AvgIpc) is 2.20. The van der Waals surface area contributed by atoms with Crippen LogP contribution in [0.15, 0.2) is 0 Å². The van der Waals surface area contributed by atoms with E-state index in [2.05, 4.69) is 18.1 Å². The summed E-state index contributed by atoms with van der Waals surface area (Å²) < 4.78 is 37.7. The summed E-state index contributed by atoms with van der Waals surface area (Å²) in [4.78, 5) is 8.38. The molecule has 0 saturated carbocycles. The third-order valence-corrected chi connectivity index (χ3v) is 7.04. The van der Waals surface area contributed by atoms with Crippen molar-refractivity contribution in [1.29, 1.82) is 0 Å². The molecular weight excluding hydrogens is 310 g/mol. The van der Waals surface area contributed by atoms with Crippen molar-refractivity contribution in [3.8, 4) is 24.7 Å². The second-order valence-electron chi connectivity index (χ2n) is 2.53. The van der Waals surface area contributed by atoms with Gasteiger partial charge in [0.15, 0.2) is 4.99 Å². The lowest BCUT2D eigenvalue weighted by molar-refractivity contribution is -0.0623. The molecule has 2 nitrogen and oxygen atoms in total. The van der Waals surface area contributed by atoms with E-state index in [1.807, 2.05) is 5.92 Å². The third-order valence-electron chi connectivity index (χ3n) is 1.34. The number of rotatable bonds is 4. The second kappa shape index (κ2) is 6.63. The quantitative estimate of drug-likeness (QED) is 0.487. The Morgan fingerprint density at radius 1 is 1.41 bits per heavy atom. The summed E-state index contributed by atoms with van der Waals surface area (Å²) in [6.07, 6.45) is 5.11. The molecule has 0 aliphatic heterocycles. The van der Waals surface area contributed by atoms with Crippen LogP contribution in [0.25, 0.3) is 0 Å². The van der Waals surface area contributed by atoms with Gasteiger partial charge in [0.1, 0.15) is 0 Å². The molecule has 1 atom stereocenters. The van der Waals surface area contributed by atoms with Crippen LogP contribution in [0.4, 0.5) is 13.2 Å². The van der Waals surface area contributed by atoms with Crippen LogP contribution in [0.2, 0.25) is 0 Å². The molecular formula is C8H7F3NOPS3. The summed E-state index contributed by atoms with van der Waals surface area (Å²) in [6, 6.07) is 0. The summed E-state index contributed by atoms with van der Waals surface area (Å²) in [7, 11) is 0. The highest BCUT2D eigenvalue weighted by atomic mass is 32.9. The number of alkyl halides is 3. The number of nitrogens with zero attached hydrogens (tertiary/aromatic N) is 1. The molecule has 0 radical (unpaired) electrons. The Morgan fingerprint density at radius 3 is 2.29 bits per heavy atom. The monoisotopic (exact) mass is 317 g/mol. The second-order valence-corrected chi connectivity index (χ2v) is 9.45. The van der Waals surface area contributed by atoms with Gasteiger partial charge in [0.2, 0.25) is 5.62 Å². The predicted molar refractivity (Wildman–Crippen MR) is 72.0 cm³/mol. The zero-order valence-corrected chi connectivity index (χ0v) is 11.6. The molecule has 0 rings (SSSR count). The molecule has 9 heteroatoms. The molecule has 1 N–H and O–H groups in total. The minimum Gasteiger partial charge on any atom is -0.342 e. The summed E-state index contributed by atoms with van der Waals surface area (Å²) in [5, 5.41) is 0. The van der Waals surface area contributed by atoms with Gasteiger partial charge in [0.05, 0.1) is 12.3 Å². The first-order chi connectivity index (χ1) is 7.66. The number of terminal acetylenes is 2. The normalized spacial score (nSPS) is 14.2.